The number of fused-ring (bicyclic) bond motifs is 1. The van der Waals surface area contributed by atoms with E-state index in [1.807, 2.05) is 12.3 Å². The first-order valence-corrected chi connectivity index (χ1v) is 8.35. The molecule has 0 saturated carbocycles. The van der Waals surface area contributed by atoms with Gasteiger partial charge in [0.25, 0.3) is 5.91 Å². The Balaban J connectivity index is 1.66. The maximum atomic E-state index is 11.8. The van der Waals surface area contributed by atoms with Crippen molar-refractivity contribution < 1.29 is 9.90 Å². The van der Waals surface area contributed by atoms with Gasteiger partial charge in [0.15, 0.2) is 5.65 Å². The Morgan fingerprint density at radius 1 is 1.28 bits per heavy atom. The van der Waals surface area contributed by atoms with Crippen molar-refractivity contribution in [2.24, 2.45) is 0 Å². The van der Waals surface area contributed by atoms with Crippen molar-refractivity contribution in [1.29, 1.82) is 0 Å². The summed E-state index contributed by atoms with van der Waals surface area (Å²) < 4.78 is 1.68. The number of carbonyl (C=O) groups excluding carboxylic acids is 1. The lowest BCUT2D eigenvalue weighted by Gasteiger charge is -2.21. The van der Waals surface area contributed by atoms with Gasteiger partial charge in [0.1, 0.15) is 11.5 Å². The highest BCUT2D eigenvalue weighted by Gasteiger charge is 2.23. The van der Waals surface area contributed by atoms with E-state index >= 15 is 0 Å². The molecule has 132 valence electrons. The molecule has 4 heterocycles. The summed E-state index contributed by atoms with van der Waals surface area (Å²) in [4.78, 5) is 21.1. The molecule has 2 fully saturated rings. The lowest BCUT2D eigenvalue weighted by atomic mass is 10.2. The molecular formula is C16H21N7O2. The molecule has 4 rings (SSSR count). The van der Waals surface area contributed by atoms with Gasteiger partial charge in [0, 0.05) is 31.4 Å². The third kappa shape index (κ3) is 3.15. The van der Waals surface area contributed by atoms with Crippen LogP contribution in [0.25, 0.3) is 11.7 Å². The number of hydrogen-bond acceptors (Lipinski definition) is 7. The minimum absolute atomic E-state index is 0.297. The van der Waals surface area contributed by atoms with E-state index in [0.717, 1.165) is 44.0 Å². The Kier molecular flexibility index (Phi) is 4.02. The molecule has 2 aromatic heterocycles. The number of carbonyl (C=O) groups is 1. The van der Waals surface area contributed by atoms with E-state index in [1.165, 1.54) is 0 Å². The van der Waals surface area contributed by atoms with Crippen LogP contribution in [0.5, 0.6) is 0 Å². The number of anilines is 1. The van der Waals surface area contributed by atoms with Gasteiger partial charge in [-0.05, 0) is 32.2 Å². The van der Waals surface area contributed by atoms with Crippen LogP contribution in [0.4, 0.5) is 5.82 Å². The third-order valence-corrected chi connectivity index (χ3v) is 4.53. The summed E-state index contributed by atoms with van der Waals surface area (Å²) >= 11 is 0. The summed E-state index contributed by atoms with van der Waals surface area (Å²) in [5.41, 5.74) is 1.70. The van der Waals surface area contributed by atoms with Gasteiger partial charge in [-0.15, -0.1) is 0 Å². The fourth-order valence-electron chi connectivity index (χ4n) is 3.14. The summed E-state index contributed by atoms with van der Waals surface area (Å²) in [5.74, 6) is 0.561. The highest BCUT2D eigenvalue weighted by molar-refractivity contribution is 5.99. The van der Waals surface area contributed by atoms with E-state index in [9.17, 15) is 9.90 Å². The van der Waals surface area contributed by atoms with Crippen molar-refractivity contribution in [2.45, 2.75) is 12.8 Å². The van der Waals surface area contributed by atoms with Gasteiger partial charge in [-0.1, -0.05) is 0 Å². The minimum atomic E-state index is -1.06. The summed E-state index contributed by atoms with van der Waals surface area (Å²) in [7, 11) is 2.13. The average molecular weight is 343 g/mol. The fourth-order valence-corrected chi connectivity index (χ4v) is 3.14. The smallest absolute Gasteiger partial charge is 0.270 e. The second-order valence-corrected chi connectivity index (χ2v) is 6.38. The fraction of sp³-hybridized carbons (Fsp3) is 0.438. The molecule has 2 aliphatic heterocycles. The number of hydrogen-bond donors (Lipinski definition) is 3. The molecule has 3 N–H and O–H groups in total. The Labute approximate surface area is 144 Å². The number of rotatable bonds is 2. The summed E-state index contributed by atoms with van der Waals surface area (Å²) in [6.45, 7) is 3.99. The lowest BCUT2D eigenvalue weighted by Crippen LogP contribution is -2.30. The van der Waals surface area contributed by atoms with Crippen molar-refractivity contribution in [2.75, 3.05) is 38.1 Å². The molecule has 2 aliphatic rings. The van der Waals surface area contributed by atoms with Crippen LogP contribution in [-0.2, 0) is 4.79 Å². The molecular weight excluding hydrogens is 322 g/mol. The van der Waals surface area contributed by atoms with Gasteiger partial charge in [-0.2, -0.15) is 5.10 Å². The standard InChI is InChI=1S/C16H21N7O2/c1-21-4-2-5-22(8-7-21)13-3-6-23-14(19-13)11(10-17-23)9-12-15(24)20-16(25)18-12/h3,6,9-10,16,18,25H,2,4-5,7-8H2,1H3,(H,20,24)/b12-9-. The molecule has 2 aromatic rings. The second kappa shape index (κ2) is 6.34. The highest BCUT2D eigenvalue weighted by Crippen LogP contribution is 2.19. The predicted molar refractivity (Wildman–Crippen MR) is 92.6 cm³/mol. The zero-order valence-corrected chi connectivity index (χ0v) is 14.0. The van der Waals surface area contributed by atoms with Crippen LogP contribution in [0.3, 0.4) is 0 Å². The van der Waals surface area contributed by atoms with E-state index in [4.69, 9.17) is 4.98 Å². The van der Waals surface area contributed by atoms with E-state index in [0.29, 0.717) is 11.3 Å². The van der Waals surface area contributed by atoms with Gasteiger partial charge < -0.3 is 25.5 Å². The molecule has 9 nitrogen and oxygen atoms in total. The number of likely N-dealkylation sites (N-methyl/N-ethyl adjacent to an activating group) is 1. The molecule has 1 atom stereocenters. The zero-order valence-electron chi connectivity index (χ0n) is 14.0. The number of aliphatic hydroxyl groups is 1. The van der Waals surface area contributed by atoms with Crippen molar-refractivity contribution >= 4 is 23.4 Å². The van der Waals surface area contributed by atoms with Crippen molar-refractivity contribution in [3.8, 4) is 0 Å². The number of amides is 1. The molecule has 0 aromatic carbocycles. The molecule has 25 heavy (non-hydrogen) atoms. The van der Waals surface area contributed by atoms with E-state index in [1.54, 1.807) is 16.8 Å². The molecule has 0 aliphatic carbocycles. The molecule has 0 bridgehead atoms. The van der Waals surface area contributed by atoms with Gasteiger partial charge in [0.05, 0.1) is 6.20 Å². The molecule has 9 heteroatoms. The first kappa shape index (κ1) is 15.9. The summed E-state index contributed by atoms with van der Waals surface area (Å²) in [6.07, 6.45) is 5.24. The summed E-state index contributed by atoms with van der Waals surface area (Å²) in [5, 5.41) is 18.8. The SMILES string of the molecule is CN1CCCN(c2ccn3ncc(/C=C4\NC(O)NC4=O)c3n2)CC1. The predicted octanol–water partition coefficient (Wildman–Crippen LogP) is -0.793. The van der Waals surface area contributed by atoms with Crippen molar-refractivity contribution in [1.82, 2.24) is 30.1 Å². The number of nitrogens with zero attached hydrogens (tertiary/aromatic N) is 5. The van der Waals surface area contributed by atoms with E-state index in [-0.39, 0.29) is 5.91 Å². The topological polar surface area (TPSA) is 98.0 Å². The minimum Gasteiger partial charge on any atom is -0.356 e. The Morgan fingerprint density at radius 2 is 2.16 bits per heavy atom. The molecule has 2 saturated heterocycles. The van der Waals surface area contributed by atoms with Crippen LogP contribution in [0.15, 0.2) is 24.2 Å². The first-order valence-electron chi connectivity index (χ1n) is 8.35. The number of aliphatic hydroxyl groups excluding tert-OH is 1. The number of aromatic nitrogens is 3. The van der Waals surface area contributed by atoms with Gasteiger partial charge in [-0.25, -0.2) is 9.50 Å². The zero-order chi connectivity index (χ0) is 17.4. The molecule has 0 spiro atoms. The van der Waals surface area contributed by atoms with Crippen LogP contribution in [0.1, 0.15) is 12.0 Å². The average Bonchev–Trinajstić information content (AvgIpc) is 3.04. The van der Waals surface area contributed by atoms with Gasteiger partial charge in [0.2, 0.25) is 6.35 Å². The molecule has 0 radical (unpaired) electrons. The lowest BCUT2D eigenvalue weighted by molar-refractivity contribution is -0.117. The quantitative estimate of drug-likeness (QED) is 0.615. The highest BCUT2D eigenvalue weighted by atomic mass is 16.3. The normalized spacial score (nSPS) is 23.8. The summed E-state index contributed by atoms with van der Waals surface area (Å²) in [6, 6.07) is 1.96. The maximum Gasteiger partial charge on any atom is 0.270 e. The Morgan fingerprint density at radius 3 is 2.96 bits per heavy atom. The van der Waals surface area contributed by atoms with Crippen LogP contribution in [-0.4, -0.2) is 70.1 Å². The molecule has 1 amide bonds. The van der Waals surface area contributed by atoms with E-state index in [2.05, 4.69) is 32.6 Å². The Bertz CT molecular complexity index is 831. The maximum absolute atomic E-state index is 11.8. The van der Waals surface area contributed by atoms with Crippen LogP contribution < -0.4 is 15.5 Å². The number of nitrogens with one attached hydrogen (secondary N) is 2. The monoisotopic (exact) mass is 343 g/mol. The van der Waals surface area contributed by atoms with Crippen LogP contribution in [0.2, 0.25) is 0 Å². The molecule has 1 unspecified atom stereocenters. The van der Waals surface area contributed by atoms with E-state index < -0.39 is 6.35 Å². The first-order chi connectivity index (χ1) is 12.1. The largest absolute Gasteiger partial charge is 0.356 e. The van der Waals surface area contributed by atoms with Crippen LogP contribution >= 0.6 is 0 Å². The van der Waals surface area contributed by atoms with Crippen molar-refractivity contribution in [3.63, 3.8) is 0 Å². The van der Waals surface area contributed by atoms with Gasteiger partial charge in [-0.3, -0.25) is 4.79 Å². The van der Waals surface area contributed by atoms with Gasteiger partial charge >= 0.3 is 0 Å². The van der Waals surface area contributed by atoms with Crippen LogP contribution in [0, 0.1) is 0 Å². The second-order valence-electron chi connectivity index (χ2n) is 6.38. The van der Waals surface area contributed by atoms with Crippen molar-refractivity contribution in [3.05, 3.63) is 29.7 Å². The third-order valence-electron chi connectivity index (χ3n) is 4.53. The Hall–Kier alpha value is -2.65.